The van der Waals surface area contributed by atoms with Crippen molar-refractivity contribution in [1.29, 1.82) is 0 Å². The average molecular weight is 326 g/mol. The van der Waals surface area contributed by atoms with Crippen LogP contribution in [0, 0.1) is 0 Å². The molecule has 0 unspecified atom stereocenters. The Balaban J connectivity index is 1.68. The first-order valence-corrected chi connectivity index (χ1v) is 8.01. The molecule has 24 heavy (non-hydrogen) atoms. The summed E-state index contributed by atoms with van der Waals surface area (Å²) in [7, 11) is 0. The van der Waals surface area contributed by atoms with Gasteiger partial charge in [0.2, 0.25) is 5.91 Å². The van der Waals surface area contributed by atoms with Crippen molar-refractivity contribution < 1.29 is 14.3 Å². The Morgan fingerprint density at radius 1 is 0.917 bits per heavy atom. The van der Waals surface area contributed by atoms with E-state index in [-0.39, 0.29) is 12.5 Å². The number of amides is 2. The van der Waals surface area contributed by atoms with Crippen molar-refractivity contribution in [3.05, 3.63) is 65.7 Å². The number of para-hydroxylation sites is 1. The molecule has 0 saturated heterocycles. The third-order valence-electron chi connectivity index (χ3n) is 3.54. The van der Waals surface area contributed by atoms with Crippen molar-refractivity contribution in [3.8, 4) is 5.75 Å². The van der Waals surface area contributed by atoms with Crippen molar-refractivity contribution in [2.75, 3.05) is 6.61 Å². The predicted octanol–water partition coefficient (Wildman–Crippen LogP) is 2.41. The lowest BCUT2D eigenvalue weighted by molar-refractivity contribution is -0.130. The molecule has 0 aliphatic rings. The third-order valence-corrected chi connectivity index (χ3v) is 3.54. The molecule has 0 saturated carbocycles. The van der Waals surface area contributed by atoms with E-state index in [9.17, 15) is 9.59 Å². The van der Waals surface area contributed by atoms with Crippen LogP contribution < -0.4 is 15.6 Å². The van der Waals surface area contributed by atoms with Crippen LogP contribution in [-0.2, 0) is 22.4 Å². The topological polar surface area (TPSA) is 67.4 Å². The van der Waals surface area contributed by atoms with E-state index in [0.29, 0.717) is 18.6 Å². The third kappa shape index (κ3) is 5.76. The number of ether oxygens (including phenoxy) is 1. The van der Waals surface area contributed by atoms with E-state index in [0.717, 1.165) is 17.5 Å². The number of hydrogen-bond acceptors (Lipinski definition) is 3. The van der Waals surface area contributed by atoms with Crippen LogP contribution in [0.15, 0.2) is 54.6 Å². The summed E-state index contributed by atoms with van der Waals surface area (Å²) < 4.78 is 5.49. The molecule has 2 N–H and O–H groups in total. The second-order valence-corrected chi connectivity index (χ2v) is 5.33. The lowest BCUT2D eigenvalue weighted by Crippen LogP contribution is -2.43. The van der Waals surface area contributed by atoms with E-state index in [4.69, 9.17) is 4.74 Å². The summed E-state index contributed by atoms with van der Waals surface area (Å²) in [5.74, 6) is 0.0562. The maximum atomic E-state index is 11.7. The van der Waals surface area contributed by atoms with Gasteiger partial charge in [-0.25, -0.2) is 0 Å². The summed E-state index contributed by atoms with van der Waals surface area (Å²) in [6.07, 6.45) is 1.76. The molecule has 0 aliphatic carbocycles. The SMILES string of the molecule is CCc1ccccc1OCC(=O)NNC(=O)CCc1ccccc1. The molecule has 0 heterocycles. The molecule has 0 bridgehead atoms. The summed E-state index contributed by atoms with van der Waals surface area (Å²) in [6.45, 7) is 1.88. The van der Waals surface area contributed by atoms with Gasteiger partial charge in [-0.05, 0) is 30.0 Å². The fourth-order valence-electron chi connectivity index (χ4n) is 2.22. The smallest absolute Gasteiger partial charge is 0.276 e. The number of rotatable bonds is 7. The second-order valence-electron chi connectivity index (χ2n) is 5.33. The highest BCUT2D eigenvalue weighted by atomic mass is 16.5. The summed E-state index contributed by atoms with van der Waals surface area (Å²) in [4.78, 5) is 23.5. The maximum absolute atomic E-state index is 11.7. The highest BCUT2D eigenvalue weighted by molar-refractivity contribution is 5.82. The molecule has 126 valence electrons. The van der Waals surface area contributed by atoms with Gasteiger partial charge in [0.15, 0.2) is 6.61 Å². The van der Waals surface area contributed by atoms with Crippen LogP contribution in [0.25, 0.3) is 0 Å². The zero-order valence-electron chi connectivity index (χ0n) is 13.7. The zero-order valence-corrected chi connectivity index (χ0v) is 13.7. The molecular weight excluding hydrogens is 304 g/mol. The van der Waals surface area contributed by atoms with E-state index in [1.54, 1.807) is 0 Å². The lowest BCUT2D eigenvalue weighted by atomic mass is 10.1. The van der Waals surface area contributed by atoms with Crippen LogP contribution >= 0.6 is 0 Å². The fraction of sp³-hybridized carbons (Fsp3) is 0.263. The van der Waals surface area contributed by atoms with E-state index < -0.39 is 5.91 Å². The number of hydrogen-bond donors (Lipinski definition) is 2. The molecule has 0 radical (unpaired) electrons. The first kappa shape index (κ1) is 17.5. The van der Waals surface area contributed by atoms with Gasteiger partial charge in [0.25, 0.3) is 5.91 Å². The van der Waals surface area contributed by atoms with Crippen molar-refractivity contribution in [2.45, 2.75) is 26.2 Å². The van der Waals surface area contributed by atoms with Crippen molar-refractivity contribution in [3.63, 3.8) is 0 Å². The van der Waals surface area contributed by atoms with Gasteiger partial charge in [-0.15, -0.1) is 0 Å². The quantitative estimate of drug-likeness (QED) is 0.768. The predicted molar refractivity (Wildman–Crippen MR) is 92.4 cm³/mol. The Morgan fingerprint density at radius 3 is 2.33 bits per heavy atom. The van der Waals surface area contributed by atoms with Gasteiger partial charge in [0, 0.05) is 6.42 Å². The standard InChI is InChI=1S/C19H22N2O3/c1-2-16-10-6-7-11-17(16)24-14-19(23)21-20-18(22)13-12-15-8-4-3-5-9-15/h3-11H,2,12-14H2,1H3,(H,20,22)(H,21,23). The number of nitrogens with one attached hydrogen (secondary N) is 2. The monoisotopic (exact) mass is 326 g/mol. The minimum atomic E-state index is -0.394. The first-order chi connectivity index (χ1) is 11.7. The first-order valence-electron chi connectivity index (χ1n) is 8.01. The molecule has 5 nitrogen and oxygen atoms in total. The molecule has 2 amide bonds. The summed E-state index contributed by atoms with van der Waals surface area (Å²) >= 11 is 0. The lowest BCUT2D eigenvalue weighted by Gasteiger charge is -2.11. The van der Waals surface area contributed by atoms with Gasteiger partial charge in [-0.3, -0.25) is 20.4 Å². The van der Waals surface area contributed by atoms with Gasteiger partial charge in [-0.2, -0.15) is 0 Å². The molecule has 0 atom stereocenters. The normalized spacial score (nSPS) is 10.0. The van der Waals surface area contributed by atoms with Gasteiger partial charge < -0.3 is 4.74 Å². The Morgan fingerprint density at radius 2 is 1.58 bits per heavy atom. The fourth-order valence-corrected chi connectivity index (χ4v) is 2.22. The minimum Gasteiger partial charge on any atom is -0.483 e. The van der Waals surface area contributed by atoms with Gasteiger partial charge in [0.05, 0.1) is 0 Å². The van der Waals surface area contributed by atoms with E-state index in [1.165, 1.54) is 0 Å². The molecule has 0 aliphatic heterocycles. The summed E-state index contributed by atoms with van der Waals surface area (Å²) in [6, 6.07) is 17.3. The van der Waals surface area contributed by atoms with Crippen molar-refractivity contribution in [1.82, 2.24) is 10.9 Å². The van der Waals surface area contributed by atoms with Crippen LogP contribution in [0.5, 0.6) is 5.75 Å². The molecular formula is C19H22N2O3. The maximum Gasteiger partial charge on any atom is 0.276 e. The van der Waals surface area contributed by atoms with E-state index >= 15 is 0 Å². The highest BCUT2D eigenvalue weighted by Gasteiger charge is 2.07. The minimum absolute atomic E-state index is 0.143. The van der Waals surface area contributed by atoms with E-state index in [2.05, 4.69) is 10.9 Å². The summed E-state index contributed by atoms with van der Waals surface area (Å²) in [5.41, 5.74) is 6.88. The van der Waals surface area contributed by atoms with Crippen LogP contribution in [0.3, 0.4) is 0 Å². The Labute approximate surface area is 142 Å². The van der Waals surface area contributed by atoms with Crippen LogP contribution in [-0.4, -0.2) is 18.4 Å². The molecule has 0 spiro atoms. The number of hydrazine groups is 1. The second kappa shape index (κ2) is 9.35. The van der Waals surface area contributed by atoms with E-state index in [1.807, 2.05) is 61.5 Å². The molecule has 5 heteroatoms. The molecule has 2 aromatic rings. The van der Waals surface area contributed by atoms with Gasteiger partial charge in [0.1, 0.15) is 5.75 Å². The van der Waals surface area contributed by atoms with Crippen molar-refractivity contribution in [2.24, 2.45) is 0 Å². The average Bonchev–Trinajstić information content (AvgIpc) is 2.64. The van der Waals surface area contributed by atoms with Crippen LogP contribution in [0.2, 0.25) is 0 Å². The Bertz CT molecular complexity index is 671. The zero-order chi connectivity index (χ0) is 17.2. The molecule has 0 fully saturated rings. The molecule has 2 aromatic carbocycles. The number of carbonyl (C=O) groups is 2. The van der Waals surface area contributed by atoms with Gasteiger partial charge in [-0.1, -0.05) is 55.5 Å². The Kier molecular flexibility index (Phi) is 6.83. The van der Waals surface area contributed by atoms with Crippen LogP contribution in [0.4, 0.5) is 0 Å². The Hall–Kier alpha value is -2.82. The largest absolute Gasteiger partial charge is 0.483 e. The van der Waals surface area contributed by atoms with Gasteiger partial charge >= 0.3 is 0 Å². The molecule has 2 rings (SSSR count). The molecule has 0 aromatic heterocycles. The van der Waals surface area contributed by atoms with Crippen LogP contribution in [0.1, 0.15) is 24.5 Å². The summed E-state index contributed by atoms with van der Waals surface area (Å²) in [5, 5.41) is 0. The number of aryl methyl sites for hydroxylation is 2. The highest BCUT2D eigenvalue weighted by Crippen LogP contribution is 2.17. The van der Waals surface area contributed by atoms with Crippen molar-refractivity contribution >= 4 is 11.8 Å². The number of carbonyl (C=O) groups excluding carboxylic acids is 2. The number of benzene rings is 2.